The minimum absolute atomic E-state index is 0.130. The monoisotopic (exact) mass is 264 g/mol. The molecule has 0 saturated carbocycles. The Hall–Kier alpha value is -0.860. The van der Waals surface area contributed by atoms with Crippen LogP contribution in [0.1, 0.15) is 13.8 Å². The first-order valence-corrected chi connectivity index (χ1v) is 7.22. The van der Waals surface area contributed by atoms with Gasteiger partial charge in [-0.3, -0.25) is 4.90 Å². The van der Waals surface area contributed by atoms with Crippen molar-refractivity contribution in [3.8, 4) is 0 Å². The molecule has 8 heteroatoms. The van der Waals surface area contributed by atoms with Crippen LogP contribution in [0.4, 0.5) is 0 Å². The van der Waals surface area contributed by atoms with Crippen LogP contribution in [0.25, 0.3) is 0 Å². The standard InChI is InChI=1S/C9H20N4O3S/c1-9(2,8(10)11-14)12-4-6-13(7-5-12)17(3,15)16/h14H,4-7H2,1-3H3,(H2,10,11). The van der Waals surface area contributed by atoms with E-state index in [1.54, 1.807) is 0 Å². The summed E-state index contributed by atoms with van der Waals surface area (Å²) >= 11 is 0. The number of sulfonamides is 1. The summed E-state index contributed by atoms with van der Waals surface area (Å²) in [7, 11) is -3.12. The zero-order valence-electron chi connectivity index (χ0n) is 10.4. The molecule has 0 aromatic heterocycles. The number of amidine groups is 1. The van der Waals surface area contributed by atoms with E-state index >= 15 is 0 Å². The maximum atomic E-state index is 11.4. The van der Waals surface area contributed by atoms with Crippen LogP contribution in [0.15, 0.2) is 5.16 Å². The number of nitrogens with two attached hydrogens (primary N) is 1. The molecule has 1 rings (SSSR count). The molecule has 0 atom stereocenters. The lowest BCUT2D eigenvalue weighted by Crippen LogP contribution is -2.60. The molecule has 7 nitrogen and oxygen atoms in total. The van der Waals surface area contributed by atoms with Gasteiger partial charge in [-0.05, 0) is 13.8 Å². The molecule has 0 spiro atoms. The third kappa shape index (κ3) is 3.08. The van der Waals surface area contributed by atoms with E-state index in [4.69, 9.17) is 10.9 Å². The molecule has 0 aliphatic carbocycles. The molecule has 1 heterocycles. The molecule has 100 valence electrons. The summed E-state index contributed by atoms with van der Waals surface area (Å²) in [5, 5.41) is 11.7. The lowest BCUT2D eigenvalue weighted by atomic mass is 10.0. The van der Waals surface area contributed by atoms with Gasteiger partial charge in [-0.1, -0.05) is 5.16 Å². The van der Waals surface area contributed by atoms with Crippen LogP contribution < -0.4 is 5.73 Å². The molecule has 1 aliphatic heterocycles. The van der Waals surface area contributed by atoms with Crippen molar-refractivity contribution in [3.63, 3.8) is 0 Å². The summed E-state index contributed by atoms with van der Waals surface area (Å²) in [6, 6.07) is 0. The van der Waals surface area contributed by atoms with Crippen molar-refractivity contribution in [2.24, 2.45) is 10.9 Å². The highest BCUT2D eigenvalue weighted by atomic mass is 32.2. The summed E-state index contributed by atoms with van der Waals surface area (Å²) in [4.78, 5) is 2.00. The molecule has 0 aromatic rings. The third-order valence-electron chi connectivity index (χ3n) is 3.23. The fourth-order valence-electron chi connectivity index (χ4n) is 1.86. The molecular formula is C9H20N4O3S. The molecule has 0 amide bonds. The van der Waals surface area contributed by atoms with Crippen LogP contribution in [-0.4, -0.2) is 66.6 Å². The highest BCUT2D eigenvalue weighted by molar-refractivity contribution is 7.88. The summed E-state index contributed by atoms with van der Waals surface area (Å²) in [6.45, 7) is 5.69. The van der Waals surface area contributed by atoms with Gasteiger partial charge < -0.3 is 10.9 Å². The zero-order chi connectivity index (χ0) is 13.3. The van der Waals surface area contributed by atoms with E-state index in [1.807, 2.05) is 18.7 Å². The Balaban J connectivity index is 2.70. The van der Waals surface area contributed by atoms with Crippen molar-refractivity contribution in [1.82, 2.24) is 9.21 Å². The van der Waals surface area contributed by atoms with Crippen LogP contribution in [0.3, 0.4) is 0 Å². The van der Waals surface area contributed by atoms with Crippen molar-refractivity contribution in [3.05, 3.63) is 0 Å². The molecule has 3 N–H and O–H groups in total. The van der Waals surface area contributed by atoms with E-state index in [-0.39, 0.29) is 5.84 Å². The van der Waals surface area contributed by atoms with E-state index in [0.29, 0.717) is 26.2 Å². The Morgan fingerprint density at radius 1 is 1.29 bits per heavy atom. The second kappa shape index (κ2) is 4.79. The zero-order valence-corrected chi connectivity index (χ0v) is 11.2. The summed E-state index contributed by atoms with van der Waals surface area (Å²) in [5.41, 5.74) is 5.06. The van der Waals surface area contributed by atoms with E-state index < -0.39 is 15.6 Å². The van der Waals surface area contributed by atoms with Crippen molar-refractivity contribution in [1.29, 1.82) is 0 Å². The molecule has 1 fully saturated rings. The van der Waals surface area contributed by atoms with Crippen LogP contribution in [-0.2, 0) is 10.0 Å². The normalized spacial score (nSPS) is 21.7. The number of piperazine rings is 1. The van der Waals surface area contributed by atoms with Gasteiger partial charge >= 0.3 is 0 Å². The van der Waals surface area contributed by atoms with Gasteiger partial charge in [0.15, 0.2) is 5.84 Å². The predicted molar refractivity (Wildman–Crippen MR) is 65.5 cm³/mol. The Kier molecular flexibility index (Phi) is 4.00. The van der Waals surface area contributed by atoms with Gasteiger partial charge in [0.05, 0.1) is 11.8 Å². The molecule has 0 unspecified atom stereocenters. The number of oxime groups is 1. The molecule has 1 saturated heterocycles. The number of nitrogens with zero attached hydrogens (tertiary/aromatic N) is 3. The predicted octanol–water partition coefficient (Wildman–Crippen LogP) is -0.911. The number of rotatable bonds is 3. The minimum atomic E-state index is -3.12. The lowest BCUT2D eigenvalue weighted by Gasteiger charge is -2.42. The van der Waals surface area contributed by atoms with Gasteiger partial charge in [0.2, 0.25) is 10.0 Å². The fourth-order valence-corrected chi connectivity index (χ4v) is 2.69. The van der Waals surface area contributed by atoms with E-state index in [0.717, 1.165) is 0 Å². The molecule has 1 aliphatic rings. The van der Waals surface area contributed by atoms with Crippen molar-refractivity contribution in [2.45, 2.75) is 19.4 Å². The SMILES string of the molecule is CC(C)(C(N)=NO)N1CCN(S(C)(=O)=O)CC1. The highest BCUT2D eigenvalue weighted by Crippen LogP contribution is 2.18. The van der Waals surface area contributed by atoms with Gasteiger partial charge in [-0.2, -0.15) is 4.31 Å². The maximum Gasteiger partial charge on any atom is 0.211 e. The van der Waals surface area contributed by atoms with Crippen LogP contribution in [0.2, 0.25) is 0 Å². The Bertz CT molecular complexity index is 396. The van der Waals surface area contributed by atoms with Crippen molar-refractivity contribution in [2.75, 3.05) is 32.4 Å². The first kappa shape index (κ1) is 14.2. The van der Waals surface area contributed by atoms with Crippen LogP contribution in [0, 0.1) is 0 Å². The minimum Gasteiger partial charge on any atom is -0.409 e. The summed E-state index contributed by atoms with van der Waals surface area (Å²) in [5.74, 6) is 0.130. The lowest BCUT2D eigenvalue weighted by molar-refractivity contribution is 0.119. The smallest absolute Gasteiger partial charge is 0.211 e. The maximum absolute atomic E-state index is 11.4. The summed E-state index contributed by atoms with van der Waals surface area (Å²) < 4.78 is 24.1. The van der Waals surface area contributed by atoms with E-state index in [9.17, 15) is 8.42 Å². The van der Waals surface area contributed by atoms with Gasteiger partial charge in [-0.15, -0.1) is 0 Å². The molecule has 0 bridgehead atoms. The largest absolute Gasteiger partial charge is 0.409 e. The van der Waals surface area contributed by atoms with E-state index in [1.165, 1.54) is 10.6 Å². The van der Waals surface area contributed by atoms with Gasteiger partial charge in [0, 0.05) is 26.2 Å². The average molecular weight is 264 g/mol. The number of hydrogen-bond acceptors (Lipinski definition) is 5. The molecule has 17 heavy (non-hydrogen) atoms. The van der Waals surface area contributed by atoms with E-state index in [2.05, 4.69) is 5.16 Å². The molecular weight excluding hydrogens is 244 g/mol. The topological polar surface area (TPSA) is 99.2 Å². The fraction of sp³-hybridized carbons (Fsp3) is 0.889. The molecule has 0 aromatic carbocycles. The molecule has 0 radical (unpaired) electrons. The second-order valence-corrected chi connectivity index (χ2v) is 6.68. The second-order valence-electron chi connectivity index (χ2n) is 4.69. The first-order chi connectivity index (χ1) is 7.69. The van der Waals surface area contributed by atoms with Crippen molar-refractivity contribution >= 4 is 15.9 Å². The van der Waals surface area contributed by atoms with Crippen LogP contribution in [0.5, 0.6) is 0 Å². The third-order valence-corrected chi connectivity index (χ3v) is 4.54. The highest BCUT2D eigenvalue weighted by Gasteiger charge is 2.35. The quantitative estimate of drug-likeness (QED) is 0.297. The summed E-state index contributed by atoms with van der Waals surface area (Å²) in [6.07, 6.45) is 1.21. The van der Waals surface area contributed by atoms with Gasteiger partial charge in [-0.25, -0.2) is 8.42 Å². The van der Waals surface area contributed by atoms with Gasteiger partial charge in [0.25, 0.3) is 0 Å². The van der Waals surface area contributed by atoms with Gasteiger partial charge in [0.1, 0.15) is 0 Å². The Morgan fingerprint density at radius 3 is 2.12 bits per heavy atom. The van der Waals surface area contributed by atoms with Crippen molar-refractivity contribution < 1.29 is 13.6 Å². The average Bonchev–Trinajstić information content (AvgIpc) is 2.27. The first-order valence-electron chi connectivity index (χ1n) is 5.37. The Labute approximate surface area is 102 Å². The van der Waals surface area contributed by atoms with Crippen LogP contribution >= 0.6 is 0 Å². The number of hydrogen-bond donors (Lipinski definition) is 2. The Morgan fingerprint density at radius 2 is 1.76 bits per heavy atom.